The first-order valence-corrected chi connectivity index (χ1v) is 32.7. The molecule has 0 radical (unpaired) electrons. The number of primary amides is 1. The van der Waals surface area contributed by atoms with Gasteiger partial charge in [-0.3, -0.25) is 67.1 Å². The van der Waals surface area contributed by atoms with Crippen LogP contribution in [0.4, 0.5) is 13.2 Å². The Balaban J connectivity index is 0. The summed E-state index contributed by atoms with van der Waals surface area (Å²) in [6, 6.07) is -13.7. The summed E-state index contributed by atoms with van der Waals surface area (Å²) in [5.74, 6) is -17.0. The van der Waals surface area contributed by atoms with Crippen LogP contribution in [0.15, 0.2) is 0 Å². The number of halogens is 3. The number of hydrogen-bond acceptors (Lipinski definition) is 18. The van der Waals surface area contributed by atoms with Crippen molar-refractivity contribution >= 4 is 101 Å². The van der Waals surface area contributed by atoms with E-state index in [1.165, 1.54) is 11.8 Å². The fourth-order valence-corrected chi connectivity index (χ4v) is 9.43. The molecule has 36 heteroatoms. The Kier molecular flexibility index (Phi) is 44.2. The molecular formula is C59H102F3N13O19S. The second-order valence-corrected chi connectivity index (χ2v) is 25.2. The number of hydrogen-bond donors (Lipinski definition) is 17. The van der Waals surface area contributed by atoms with Crippen molar-refractivity contribution in [1.82, 2.24) is 53.2 Å². The van der Waals surface area contributed by atoms with Gasteiger partial charge in [-0.2, -0.15) is 24.9 Å². The van der Waals surface area contributed by atoms with E-state index in [0.29, 0.717) is 19.3 Å². The molecule has 0 fully saturated rings. The van der Waals surface area contributed by atoms with Gasteiger partial charge < -0.3 is 90.8 Å². The van der Waals surface area contributed by atoms with Crippen LogP contribution in [0.3, 0.4) is 0 Å². The summed E-state index contributed by atoms with van der Waals surface area (Å²) in [5, 5.41) is 61.2. The molecule has 0 spiro atoms. The molecule has 0 aliphatic rings. The van der Waals surface area contributed by atoms with Gasteiger partial charge in [-0.05, 0) is 132 Å². The molecule has 20 N–H and O–H groups in total. The number of rotatable bonds is 47. The molecule has 0 unspecified atom stereocenters. The Morgan fingerprint density at radius 3 is 0.926 bits per heavy atom. The molecule has 0 aromatic rings. The van der Waals surface area contributed by atoms with E-state index in [2.05, 4.69) is 53.2 Å². The molecule has 0 aliphatic carbocycles. The third kappa shape index (κ3) is 40.2. The number of nitrogens with one attached hydrogen (secondary N) is 10. The molecule has 0 heterocycles. The van der Waals surface area contributed by atoms with Gasteiger partial charge in [-0.15, -0.1) is 0 Å². The predicted molar refractivity (Wildman–Crippen MR) is 340 cm³/mol. The smallest absolute Gasteiger partial charge is 0.481 e. The van der Waals surface area contributed by atoms with Crippen LogP contribution < -0.4 is 70.4 Å². The minimum absolute atomic E-state index is 0.00673. The lowest BCUT2D eigenvalue weighted by Crippen LogP contribution is -2.61. The highest BCUT2D eigenvalue weighted by atomic mass is 32.2. The SMILES string of the molecule is CSCC[C@H](NC(=O)[C@H](CC(C)C)NC(=O)[C@@H](NC(=O)[C@H](CCCCN)NC(=O)[C@H](CC(C)C)NC(=O)[C@H](CCC(=O)O)NC(C)=O)C(C)C)C(=O)N[C@@H](CCC(=O)O)C(=O)N[C@@H](CCCCN)C(=O)N[C@@H](CCC(=O)O)C(=O)N[C@@H](CC(C)C)C(N)=O.O=C(O)C(F)(F)F. The van der Waals surface area contributed by atoms with Gasteiger partial charge in [0.1, 0.15) is 60.4 Å². The van der Waals surface area contributed by atoms with E-state index in [1.54, 1.807) is 61.6 Å². The summed E-state index contributed by atoms with van der Waals surface area (Å²) in [5.41, 5.74) is 17.0. The van der Waals surface area contributed by atoms with E-state index in [1.807, 2.05) is 0 Å². The maximum atomic E-state index is 14.4. The van der Waals surface area contributed by atoms with Gasteiger partial charge in [0.2, 0.25) is 65.0 Å². The Hall–Kier alpha value is -7.89. The summed E-state index contributed by atoms with van der Waals surface area (Å²) in [6.07, 6.45) is -4.81. The van der Waals surface area contributed by atoms with E-state index in [0.717, 1.165) is 6.92 Å². The van der Waals surface area contributed by atoms with E-state index < -0.39 is 193 Å². The van der Waals surface area contributed by atoms with Crippen molar-refractivity contribution < 1.29 is 106 Å². The van der Waals surface area contributed by atoms with Crippen LogP contribution in [0.5, 0.6) is 0 Å². The molecule has 0 bridgehead atoms. The van der Waals surface area contributed by atoms with Gasteiger partial charge in [-0.1, -0.05) is 55.4 Å². The minimum Gasteiger partial charge on any atom is -0.481 e. The number of aliphatic carboxylic acids is 4. The summed E-state index contributed by atoms with van der Waals surface area (Å²) in [7, 11) is 0. The second kappa shape index (κ2) is 47.1. The zero-order valence-electron chi connectivity index (χ0n) is 55.7. The summed E-state index contributed by atoms with van der Waals surface area (Å²) in [4.78, 5) is 194. The van der Waals surface area contributed by atoms with E-state index >= 15 is 0 Å². The Morgan fingerprint density at radius 2 is 0.653 bits per heavy atom. The van der Waals surface area contributed by atoms with Crippen LogP contribution in [0, 0.1) is 23.7 Å². The van der Waals surface area contributed by atoms with Gasteiger partial charge in [0.05, 0.1) is 0 Å². The molecule has 11 amide bonds. The van der Waals surface area contributed by atoms with Crippen LogP contribution in [0.25, 0.3) is 0 Å². The van der Waals surface area contributed by atoms with Gasteiger partial charge in [0, 0.05) is 26.2 Å². The lowest BCUT2D eigenvalue weighted by Gasteiger charge is -2.30. The number of amides is 11. The van der Waals surface area contributed by atoms with Crippen LogP contribution >= 0.6 is 11.8 Å². The fourth-order valence-electron chi connectivity index (χ4n) is 8.96. The Labute approximate surface area is 555 Å². The molecule has 10 atom stereocenters. The van der Waals surface area contributed by atoms with Crippen LogP contribution in [0.2, 0.25) is 0 Å². The zero-order chi connectivity index (χ0) is 73.5. The van der Waals surface area contributed by atoms with E-state index in [4.69, 9.17) is 27.1 Å². The summed E-state index contributed by atoms with van der Waals surface area (Å²) >= 11 is 1.30. The van der Waals surface area contributed by atoms with Gasteiger partial charge in [0.25, 0.3) is 0 Å². The van der Waals surface area contributed by atoms with Gasteiger partial charge in [0.15, 0.2) is 0 Å². The third-order valence-corrected chi connectivity index (χ3v) is 14.5. The van der Waals surface area contributed by atoms with Crippen molar-refractivity contribution in [3.8, 4) is 0 Å². The van der Waals surface area contributed by atoms with Crippen LogP contribution in [0.1, 0.15) is 165 Å². The average molecular weight is 1390 g/mol. The number of unbranched alkanes of at least 4 members (excludes halogenated alkanes) is 2. The van der Waals surface area contributed by atoms with Crippen molar-refractivity contribution in [3.05, 3.63) is 0 Å². The summed E-state index contributed by atoms with van der Waals surface area (Å²) in [6.45, 7) is 15.4. The highest BCUT2D eigenvalue weighted by Crippen LogP contribution is 2.16. The largest absolute Gasteiger partial charge is 0.490 e. The average Bonchev–Trinajstić information content (AvgIpc) is 1.05. The standard InChI is InChI=1S/C57H101N13O17S.C2HF3O2/c1-30(2)27-41(48(60)78)67-52(82)39(19-22-46(76)77)64-49(79)35(15-11-13-24-58)62-51(81)38(18-21-45(74)75)65-53(83)40(23-26-88-10)66-56(86)43(29-32(5)6)69-57(87)47(33(7)8)70-54(84)36(16-12-14-25-59)63-55(85)42(28-31(3)4)68-50(80)37(61-34(9)71)17-20-44(72)73;3-2(4,5)1(6)7/h30-33,35-43,47H,11-29,58-59H2,1-10H3,(H2,60,78)(H,61,71)(H,62,81)(H,63,85)(H,64,79)(H,65,83)(H,66,86)(H,67,82)(H,68,80)(H,69,87)(H,70,84)(H,72,73)(H,74,75)(H,76,77);(H,6,7)/t35-,36-,37-,38-,39-,40-,41-,42-,43-,47-;/m0./s1. The monoisotopic (exact) mass is 1390 g/mol. The molecule has 0 aromatic heterocycles. The number of carbonyl (C=O) groups excluding carboxylic acids is 11. The first kappa shape index (κ1) is 89.2. The van der Waals surface area contributed by atoms with Crippen molar-refractivity contribution in [2.75, 3.05) is 25.1 Å². The fraction of sp³-hybridized carbons (Fsp3) is 0.746. The Bertz CT molecular complexity index is 2550. The van der Waals surface area contributed by atoms with E-state index in [9.17, 15) is 95.6 Å². The third-order valence-electron chi connectivity index (χ3n) is 13.8. The zero-order valence-corrected chi connectivity index (χ0v) is 56.5. The van der Waals surface area contributed by atoms with E-state index in [-0.39, 0.29) is 88.0 Å². The first-order chi connectivity index (χ1) is 44.1. The number of thioether (sulfide) groups is 1. The van der Waals surface area contributed by atoms with Crippen molar-refractivity contribution in [2.24, 2.45) is 40.9 Å². The number of carboxylic acids is 4. The molecule has 0 rings (SSSR count). The van der Waals surface area contributed by atoms with Crippen LogP contribution in [-0.2, 0) is 71.9 Å². The Morgan fingerprint density at radius 1 is 0.389 bits per heavy atom. The maximum Gasteiger partial charge on any atom is 0.490 e. The molecule has 0 saturated carbocycles. The maximum absolute atomic E-state index is 14.4. The number of carboxylic acid groups (broad SMARTS) is 4. The van der Waals surface area contributed by atoms with Gasteiger partial charge >= 0.3 is 30.1 Å². The normalized spacial score (nSPS) is 14.4. The molecular weight excluding hydrogens is 1280 g/mol. The predicted octanol–water partition coefficient (Wildman–Crippen LogP) is -0.627. The van der Waals surface area contributed by atoms with Crippen molar-refractivity contribution in [1.29, 1.82) is 0 Å². The molecule has 0 aliphatic heterocycles. The number of carbonyl (C=O) groups is 15. The highest BCUT2D eigenvalue weighted by Gasteiger charge is 2.39. The highest BCUT2D eigenvalue weighted by molar-refractivity contribution is 7.98. The molecule has 544 valence electrons. The molecule has 32 nitrogen and oxygen atoms in total. The quantitative estimate of drug-likeness (QED) is 0.0337. The second-order valence-electron chi connectivity index (χ2n) is 24.2. The molecule has 95 heavy (non-hydrogen) atoms. The van der Waals surface area contributed by atoms with Crippen molar-refractivity contribution in [3.63, 3.8) is 0 Å². The number of nitrogens with two attached hydrogens (primary N) is 3. The minimum atomic E-state index is -5.08. The molecule has 0 saturated heterocycles. The van der Waals surface area contributed by atoms with Crippen molar-refractivity contribution in [2.45, 2.75) is 232 Å². The first-order valence-electron chi connectivity index (χ1n) is 31.3. The van der Waals surface area contributed by atoms with Crippen LogP contribution in [-0.4, -0.2) is 201 Å². The molecule has 0 aromatic carbocycles. The topological polar surface area (TPSA) is 535 Å². The van der Waals surface area contributed by atoms with Gasteiger partial charge in [-0.25, -0.2) is 4.79 Å². The lowest BCUT2D eigenvalue weighted by atomic mass is 9.98. The lowest BCUT2D eigenvalue weighted by molar-refractivity contribution is -0.192. The summed E-state index contributed by atoms with van der Waals surface area (Å²) < 4.78 is 31.7. The number of alkyl halides is 3.